The van der Waals surface area contributed by atoms with Crippen LogP contribution in [-0.4, -0.2) is 18.3 Å². The molecule has 17 heavy (non-hydrogen) atoms. The Morgan fingerprint density at radius 2 is 2.24 bits per heavy atom. The van der Waals surface area contributed by atoms with E-state index in [1.54, 1.807) is 0 Å². The van der Waals surface area contributed by atoms with Crippen LogP contribution in [0.15, 0.2) is 18.2 Å². The van der Waals surface area contributed by atoms with Crippen molar-refractivity contribution in [1.29, 1.82) is 5.26 Å². The van der Waals surface area contributed by atoms with Crippen molar-refractivity contribution < 1.29 is 18.6 Å². The number of benzene rings is 1. The number of nitriles is 1. The Bertz CT molecular complexity index is 464. The lowest BCUT2D eigenvalue weighted by Gasteiger charge is -2.25. The summed E-state index contributed by atoms with van der Waals surface area (Å²) >= 11 is 0. The van der Waals surface area contributed by atoms with E-state index in [1.165, 1.54) is 0 Å². The summed E-state index contributed by atoms with van der Waals surface area (Å²) in [5.74, 6) is -1.56. The number of aliphatic hydroxyl groups excluding tert-OH is 1. The molecule has 2 unspecified atom stereocenters. The van der Waals surface area contributed by atoms with E-state index >= 15 is 0 Å². The molecule has 3 nitrogen and oxygen atoms in total. The molecule has 90 valence electrons. The molecule has 1 aromatic rings. The minimum absolute atomic E-state index is 0.0570. The van der Waals surface area contributed by atoms with Crippen molar-refractivity contribution in [2.45, 2.75) is 12.5 Å². The van der Waals surface area contributed by atoms with E-state index in [2.05, 4.69) is 0 Å². The predicted molar refractivity (Wildman–Crippen MR) is 54.8 cm³/mol. The second-order valence-electron chi connectivity index (χ2n) is 4.14. The van der Waals surface area contributed by atoms with Crippen molar-refractivity contribution >= 4 is 0 Å². The maximum Gasteiger partial charge on any atom is 0.131 e. The Balaban J connectivity index is 2.36. The normalized spacial score (nSPS) is 25.5. The maximum atomic E-state index is 13.5. The first kappa shape index (κ1) is 12.0. The zero-order valence-corrected chi connectivity index (χ0v) is 8.99. The Morgan fingerprint density at radius 1 is 1.47 bits per heavy atom. The molecule has 0 saturated carbocycles. The fraction of sp³-hybridized carbons (Fsp3) is 0.417. The fourth-order valence-electron chi connectivity index (χ4n) is 1.97. The highest BCUT2D eigenvalue weighted by Gasteiger charge is 2.43. The van der Waals surface area contributed by atoms with Crippen molar-refractivity contribution in [3.8, 4) is 6.07 Å². The number of hydrogen-bond acceptors (Lipinski definition) is 3. The van der Waals surface area contributed by atoms with Crippen LogP contribution in [0, 0.1) is 28.4 Å². The van der Waals surface area contributed by atoms with Crippen molar-refractivity contribution in [2.24, 2.45) is 5.41 Å². The third-order valence-electron chi connectivity index (χ3n) is 3.06. The summed E-state index contributed by atoms with van der Waals surface area (Å²) in [5, 5.41) is 19.2. The van der Waals surface area contributed by atoms with E-state index < -0.39 is 23.2 Å². The number of nitrogens with zero attached hydrogens (tertiary/aromatic N) is 1. The number of aliphatic hydroxyl groups is 1. The molecular formula is C12H11F2NO2. The van der Waals surface area contributed by atoms with Gasteiger partial charge in [-0.3, -0.25) is 0 Å². The Hall–Kier alpha value is -1.51. The molecule has 1 N–H and O–H groups in total. The first-order valence-corrected chi connectivity index (χ1v) is 5.21. The van der Waals surface area contributed by atoms with Gasteiger partial charge >= 0.3 is 0 Å². The molecule has 5 heteroatoms. The van der Waals surface area contributed by atoms with E-state index in [0.29, 0.717) is 19.1 Å². The van der Waals surface area contributed by atoms with E-state index in [9.17, 15) is 13.9 Å². The SMILES string of the molecule is N#CC1(C(O)c2ccc(F)cc2F)CCOC1. The standard InChI is InChI=1S/C12H11F2NO2/c13-8-1-2-9(10(14)5-8)11(16)12(6-15)3-4-17-7-12/h1-2,5,11,16H,3-4,7H2. The van der Waals surface area contributed by atoms with E-state index in [-0.39, 0.29) is 12.2 Å². The molecule has 1 saturated heterocycles. The first-order valence-electron chi connectivity index (χ1n) is 5.21. The van der Waals surface area contributed by atoms with E-state index in [1.807, 2.05) is 6.07 Å². The zero-order valence-electron chi connectivity index (χ0n) is 8.99. The van der Waals surface area contributed by atoms with Crippen LogP contribution in [0.25, 0.3) is 0 Å². The average molecular weight is 239 g/mol. The molecule has 1 aliphatic rings. The van der Waals surface area contributed by atoms with Gasteiger partial charge in [0.15, 0.2) is 0 Å². The quantitative estimate of drug-likeness (QED) is 0.857. The fourth-order valence-corrected chi connectivity index (χ4v) is 1.97. The maximum absolute atomic E-state index is 13.5. The van der Waals surface area contributed by atoms with Crippen molar-refractivity contribution in [3.63, 3.8) is 0 Å². The van der Waals surface area contributed by atoms with Gasteiger partial charge in [0.25, 0.3) is 0 Å². The monoisotopic (exact) mass is 239 g/mol. The summed E-state index contributed by atoms with van der Waals surface area (Å²) in [4.78, 5) is 0. The van der Waals surface area contributed by atoms with Gasteiger partial charge in [-0.05, 0) is 12.5 Å². The molecule has 2 rings (SSSR count). The van der Waals surface area contributed by atoms with Gasteiger partial charge in [-0.15, -0.1) is 0 Å². The number of rotatable bonds is 2. The number of halogens is 2. The average Bonchev–Trinajstić information content (AvgIpc) is 2.78. The van der Waals surface area contributed by atoms with Crippen LogP contribution < -0.4 is 0 Å². The molecule has 0 amide bonds. The molecule has 1 fully saturated rings. The first-order chi connectivity index (χ1) is 8.09. The largest absolute Gasteiger partial charge is 0.387 e. The molecule has 0 spiro atoms. The summed E-state index contributed by atoms with van der Waals surface area (Å²) in [5.41, 5.74) is -1.21. The predicted octanol–water partition coefficient (Wildman–Crippen LogP) is 1.93. The second kappa shape index (κ2) is 4.40. The molecule has 1 aliphatic heterocycles. The third kappa shape index (κ3) is 2.02. The summed E-state index contributed by atoms with van der Waals surface area (Å²) in [6.45, 7) is 0.412. The highest BCUT2D eigenvalue weighted by Crippen LogP contribution is 2.41. The second-order valence-corrected chi connectivity index (χ2v) is 4.14. The molecule has 0 aromatic heterocycles. The number of ether oxygens (including phenoxy) is 1. The van der Waals surface area contributed by atoms with Gasteiger partial charge in [0.2, 0.25) is 0 Å². The Morgan fingerprint density at radius 3 is 2.76 bits per heavy atom. The van der Waals surface area contributed by atoms with Crippen LogP contribution in [0.4, 0.5) is 8.78 Å². The van der Waals surface area contributed by atoms with Gasteiger partial charge in [0.05, 0.1) is 12.7 Å². The summed E-state index contributed by atoms with van der Waals surface area (Å²) in [6, 6.07) is 4.89. The lowest BCUT2D eigenvalue weighted by Crippen LogP contribution is -2.28. The minimum atomic E-state index is -1.31. The van der Waals surface area contributed by atoms with E-state index in [4.69, 9.17) is 10.00 Å². The highest BCUT2D eigenvalue weighted by atomic mass is 19.1. The van der Waals surface area contributed by atoms with Gasteiger partial charge in [-0.25, -0.2) is 8.78 Å². The zero-order chi connectivity index (χ0) is 12.5. The molecule has 0 radical (unpaired) electrons. The van der Waals surface area contributed by atoms with Crippen molar-refractivity contribution in [1.82, 2.24) is 0 Å². The van der Waals surface area contributed by atoms with Gasteiger partial charge in [-0.1, -0.05) is 6.07 Å². The molecule has 0 aliphatic carbocycles. The summed E-state index contributed by atoms with van der Waals surface area (Å²) < 4.78 is 31.3. The Kier molecular flexibility index (Phi) is 3.09. The molecule has 0 bridgehead atoms. The molecule has 2 atom stereocenters. The summed E-state index contributed by atoms with van der Waals surface area (Å²) in [6.07, 6.45) is -0.975. The molecule has 1 aromatic carbocycles. The van der Waals surface area contributed by atoms with Gasteiger partial charge in [0, 0.05) is 18.2 Å². The van der Waals surface area contributed by atoms with Crippen LogP contribution in [0.1, 0.15) is 18.1 Å². The van der Waals surface area contributed by atoms with E-state index in [0.717, 1.165) is 12.1 Å². The lowest BCUT2D eigenvalue weighted by atomic mass is 9.79. The highest BCUT2D eigenvalue weighted by molar-refractivity contribution is 5.26. The van der Waals surface area contributed by atoms with Crippen LogP contribution in [-0.2, 0) is 4.74 Å². The summed E-state index contributed by atoms with van der Waals surface area (Å²) in [7, 11) is 0. The topological polar surface area (TPSA) is 53.2 Å². The number of hydrogen-bond donors (Lipinski definition) is 1. The van der Waals surface area contributed by atoms with Crippen LogP contribution >= 0.6 is 0 Å². The van der Waals surface area contributed by atoms with Gasteiger partial charge in [0.1, 0.15) is 23.2 Å². The molecule has 1 heterocycles. The van der Waals surface area contributed by atoms with Crippen molar-refractivity contribution in [3.05, 3.63) is 35.4 Å². The van der Waals surface area contributed by atoms with Gasteiger partial charge in [-0.2, -0.15) is 5.26 Å². The van der Waals surface area contributed by atoms with Crippen LogP contribution in [0.2, 0.25) is 0 Å². The van der Waals surface area contributed by atoms with Crippen molar-refractivity contribution in [2.75, 3.05) is 13.2 Å². The van der Waals surface area contributed by atoms with Crippen LogP contribution in [0.5, 0.6) is 0 Å². The Labute approximate surface area is 97.2 Å². The van der Waals surface area contributed by atoms with Crippen LogP contribution in [0.3, 0.4) is 0 Å². The van der Waals surface area contributed by atoms with Gasteiger partial charge < -0.3 is 9.84 Å². The molecular weight excluding hydrogens is 228 g/mol. The lowest BCUT2D eigenvalue weighted by molar-refractivity contribution is 0.0477. The third-order valence-corrected chi connectivity index (χ3v) is 3.06. The minimum Gasteiger partial charge on any atom is -0.387 e. The smallest absolute Gasteiger partial charge is 0.131 e.